The smallest absolute Gasteiger partial charge is 0.253 e. The van der Waals surface area contributed by atoms with E-state index in [0.717, 1.165) is 51.9 Å². The van der Waals surface area contributed by atoms with Crippen LogP contribution in [0.2, 0.25) is 5.02 Å². The lowest BCUT2D eigenvalue weighted by atomic mass is 9.76. The highest BCUT2D eigenvalue weighted by Crippen LogP contribution is 2.50. The van der Waals surface area contributed by atoms with E-state index >= 15 is 0 Å². The summed E-state index contributed by atoms with van der Waals surface area (Å²) in [4.78, 5) is 32.4. The number of hydrogen-bond acceptors (Lipinski definition) is 3. The van der Waals surface area contributed by atoms with E-state index in [9.17, 15) is 14.0 Å². The first-order valence-corrected chi connectivity index (χ1v) is 10.5. The van der Waals surface area contributed by atoms with Gasteiger partial charge in [0.15, 0.2) is 0 Å². The molecule has 3 aliphatic rings. The topological polar surface area (TPSA) is 43.9 Å². The molecule has 1 aromatic rings. The van der Waals surface area contributed by atoms with E-state index in [-0.39, 0.29) is 28.2 Å². The van der Waals surface area contributed by atoms with Crippen molar-refractivity contribution >= 4 is 23.4 Å². The number of hydrogen-bond donors (Lipinski definition) is 0. The number of piperazine rings is 1. The molecule has 2 amide bonds. The molecule has 1 aromatic carbocycles. The third-order valence-electron chi connectivity index (χ3n) is 6.81. The maximum Gasteiger partial charge on any atom is 0.253 e. The zero-order chi connectivity index (χ0) is 19.9. The summed E-state index contributed by atoms with van der Waals surface area (Å²) >= 11 is 5.87. The Balaban J connectivity index is 1.54. The molecular weight excluding hydrogens is 381 g/mol. The second-order valence-corrected chi connectivity index (χ2v) is 8.97. The first-order chi connectivity index (χ1) is 13.4. The summed E-state index contributed by atoms with van der Waals surface area (Å²) < 4.78 is 13.5. The summed E-state index contributed by atoms with van der Waals surface area (Å²) in [5, 5.41) is -0.0503. The molecule has 0 bridgehead atoms. The SMILES string of the molecule is CN1CCN(C(=O)C2CN(C(=O)c3ccc(F)c(Cl)c3)CC23CCCC3)CC1. The van der Waals surface area contributed by atoms with E-state index in [1.54, 1.807) is 4.90 Å². The summed E-state index contributed by atoms with van der Waals surface area (Å²) in [5.74, 6) is -0.641. The first kappa shape index (κ1) is 19.6. The second kappa shape index (κ2) is 7.64. The molecule has 0 aromatic heterocycles. The van der Waals surface area contributed by atoms with E-state index in [0.29, 0.717) is 18.7 Å². The molecule has 2 heterocycles. The van der Waals surface area contributed by atoms with Crippen LogP contribution in [0.25, 0.3) is 0 Å². The predicted molar refractivity (Wildman–Crippen MR) is 106 cm³/mol. The Bertz CT molecular complexity index is 773. The quantitative estimate of drug-likeness (QED) is 0.757. The number of benzene rings is 1. The molecule has 1 saturated carbocycles. The van der Waals surface area contributed by atoms with Gasteiger partial charge in [0.05, 0.1) is 10.9 Å². The molecule has 2 aliphatic heterocycles. The van der Waals surface area contributed by atoms with Crippen molar-refractivity contribution in [2.24, 2.45) is 11.3 Å². The number of carbonyl (C=O) groups is 2. The standard InChI is InChI=1S/C21H27ClFN3O2/c1-24-8-10-25(11-9-24)20(28)16-13-26(14-21(16)6-2-3-7-21)19(27)15-4-5-18(23)17(22)12-15/h4-5,12,16H,2-3,6-11,13-14H2,1H3. The van der Waals surface area contributed by atoms with Crippen LogP contribution < -0.4 is 0 Å². The Kier molecular flexibility index (Phi) is 5.36. The average molecular weight is 408 g/mol. The zero-order valence-corrected chi connectivity index (χ0v) is 17.1. The van der Waals surface area contributed by atoms with Gasteiger partial charge in [-0.3, -0.25) is 9.59 Å². The third kappa shape index (κ3) is 3.52. The number of nitrogens with zero attached hydrogens (tertiary/aromatic N) is 3. The largest absolute Gasteiger partial charge is 0.340 e. The van der Waals surface area contributed by atoms with Gasteiger partial charge in [-0.1, -0.05) is 24.4 Å². The highest BCUT2D eigenvalue weighted by Gasteiger charge is 2.53. The fourth-order valence-corrected chi connectivity index (χ4v) is 5.29. The van der Waals surface area contributed by atoms with Crippen LogP contribution in [0.5, 0.6) is 0 Å². The summed E-state index contributed by atoms with van der Waals surface area (Å²) in [5.41, 5.74) is 0.271. The fourth-order valence-electron chi connectivity index (χ4n) is 5.11. The third-order valence-corrected chi connectivity index (χ3v) is 7.10. The normalized spacial score (nSPS) is 24.9. The van der Waals surface area contributed by atoms with Crippen molar-refractivity contribution in [2.45, 2.75) is 25.7 Å². The molecule has 3 fully saturated rings. The Labute approximate surface area is 170 Å². The van der Waals surface area contributed by atoms with Gasteiger partial charge in [0, 0.05) is 50.2 Å². The van der Waals surface area contributed by atoms with Crippen LogP contribution in [0.1, 0.15) is 36.0 Å². The Morgan fingerprint density at radius 2 is 1.79 bits per heavy atom. The molecule has 7 heteroatoms. The second-order valence-electron chi connectivity index (χ2n) is 8.57. The molecule has 28 heavy (non-hydrogen) atoms. The van der Waals surface area contributed by atoms with Crippen LogP contribution in [0.4, 0.5) is 4.39 Å². The lowest BCUT2D eigenvalue weighted by molar-refractivity contribution is -0.139. The Morgan fingerprint density at radius 1 is 1.11 bits per heavy atom. The van der Waals surface area contributed by atoms with Gasteiger partial charge in [-0.25, -0.2) is 4.39 Å². The number of rotatable bonds is 2. The van der Waals surface area contributed by atoms with Crippen molar-refractivity contribution in [3.8, 4) is 0 Å². The average Bonchev–Trinajstić information content (AvgIpc) is 3.31. The zero-order valence-electron chi connectivity index (χ0n) is 16.3. The fraction of sp³-hybridized carbons (Fsp3) is 0.619. The van der Waals surface area contributed by atoms with E-state index in [1.807, 2.05) is 4.90 Å². The van der Waals surface area contributed by atoms with Crippen molar-refractivity contribution < 1.29 is 14.0 Å². The van der Waals surface area contributed by atoms with Crippen LogP contribution in [0, 0.1) is 17.2 Å². The minimum Gasteiger partial charge on any atom is -0.340 e. The van der Waals surface area contributed by atoms with Gasteiger partial charge in [0.25, 0.3) is 5.91 Å². The van der Waals surface area contributed by atoms with Crippen LogP contribution in [-0.2, 0) is 4.79 Å². The maximum absolute atomic E-state index is 13.5. The molecule has 1 spiro atoms. The summed E-state index contributed by atoms with van der Waals surface area (Å²) in [6, 6.07) is 4.08. The number of halogens is 2. The maximum atomic E-state index is 13.5. The highest BCUT2D eigenvalue weighted by molar-refractivity contribution is 6.31. The van der Waals surface area contributed by atoms with Crippen LogP contribution >= 0.6 is 11.6 Å². The van der Waals surface area contributed by atoms with Gasteiger partial charge in [-0.2, -0.15) is 0 Å². The molecular formula is C21H27ClFN3O2. The summed E-state index contributed by atoms with van der Waals surface area (Å²) in [6.07, 6.45) is 4.20. The minimum atomic E-state index is -0.532. The Morgan fingerprint density at radius 3 is 2.43 bits per heavy atom. The van der Waals surface area contributed by atoms with Crippen molar-refractivity contribution in [2.75, 3.05) is 46.3 Å². The lowest BCUT2D eigenvalue weighted by Crippen LogP contribution is -2.51. The monoisotopic (exact) mass is 407 g/mol. The number of likely N-dealkylation sites (tertiary alicyclic amines) is 1. The van der Waals surface area contributed by atoms with Gasteiger partial charge < -0.3 is 14.7 Å². The molecule has 5 nitrogen and oxygen atoms in total. The van der Waals surface area contributed by atoms with Gasteiger partial charge in [0.2, 0.25) is 5.91 Å². The van der Waals surface area contributed by atoms with Crippen molar-refractivity contribution in [1.29, 1.82) is 0 Å². The van der Waals surface area contributed by atoms with Crippen LogP contribution in [0.3, 0.4) is 0 Å². The molecule has 1 unspecified atom stereocenters. The van der Waals surface area contributed by atoms with E-state index in [1.165, 1.54) is 18.2 Å². The van der Waals surface area contributed by atoms with Crippen LogP contribution in [0.15, 0.2) is 18.2 Å². The number of carbonyl (C=O) groups excluding carboxylic acids is 2. The van der Waals surface area contributed by atoms with Crippen molar-refractivity contribution in [1.82, 2.24) is 14.7 Å². The van der Waals surface area contributed by atoms with Crippen LogP contribution in [-0.4, -0.2) is 72.8 Å². The Hall–Kier alpha value is -1.66. The predicted octanol–water partition coefficient (Wildman–Crippen LogP) is 2.89. The molecule has 0 N–H and O–H groups in total. The lowest BCUT2D eigenvalue weighted by Gasteiger charge is -2.37. The molecule has 2 saturated heterocycles. The number of likely N-dealkylation sites (N-methyl/N-ethyl adjacent to an activating group) is 1. The molecule has 0 radical (unpaired) electrons. The van der Waals surface area contributed by atoms with Crippen molar-refractivity contribution in [3.05, 3.63) is 34.6 Å². The molecule has 4 rings (SSSR count). The van der Waals surface area contributed by atoms with E-state index in [2.05, 4.69) is 11.9 Å². The summed E-state index contributed by atoms with van der Waals surface area (Å²) in [7, 11) is 2.07. The highest BCUT2D eigenvalue weighted by atomic mass is 35.5. The minimum absolute atomic E-state index is 0.0503. The van der Waals surface area contributed by atoms with Gasteiger partial charge in [-0.05, 0) is 38.1 Å². The van der Waals surface area contributed by atoms with E-state index < -0.39 is 5.82 Å². The van der Waals surface area contributed by atoms with Crippen molar-refractivity contribution in [3.63, 3.8) is 0 Å². The molecule has 1 atom stereocenters. The summed E-state index contributed by atoms with van der Waals surface area (Å²) in [6.45, 7) is 4.33. The van der Waals surface area contributed by atoms with Gasteiger partial charge in [0.1, 0.15) is 5.82 Å². The molecule has 152 valence electrons. The first-order valence-electron chi connectivity index (χ1n) is 10.1. The molecule has 1 aliphatic carbocycles. The van der Waals surface area contributed by atoms with E-state index in [4.69, 9.17) is 11.6 Å². The number of amides is 2. The van der Waals surface area contributed by atoms with Gasteiger partial charge >= 0.3 is 0 Å². The van der Waals surface area contributed by atoms with Gasteiger partial charge in [-0.15, -0.1) is 0 Å².